The van der Waals surface area contributed by atoms with Crippen LogP contribution < -0.4 is 10.5 Å². The van der Waals surface area contributed by atoms with Crippen LogP contribution in [-0.4, -0.2) is 51.0 Å². The molecule has 0 saturated carbocycles. The average Bonchev–Trinajstić information content (AvgIpc) is 2.40. The highest BCUT2D eigenvalue weighted by Crippen LogP contribution is 2.11. The van der Waals surface area contributed by atoms with E-state index < -0.39 is 10.0 Å². The largest absolute Gasteiger partial charge is 0.399 e. The van der Waals surface area contributed by atoms with E-state index in [1.165, 1.54) is 12.1 Å². The lowest BCUT2D eigenvalue weighted by Crippen LogP contribution is -2.39. The van der Waals surface area contributed by atoms with Crippen LogP contribution in [0, 0.1) is 0 Å². The molecule has 0 spiro atoms. The molecule has 3 N–H and O–H groups in total. The molecular weight excluding hydrogens is 282 g/mol. The van der Waals surface area contributed by atoms with Gasteiger partial charge in [0.05, 0.1) is 4.90 Å². The van der Waals surface area contributed by atoms with Gasteiger partial charge in [0, 0.05) is 43.4 Å². The lowest BCUT2D eigenvalue weighted by Gasteiger charge is -2.25. The van der Waals surface area contributed by atoms with Crippen LogP contribution in [0.15, 0.2) is 29.2 Å². The van der Waals surface area contributed by atoms with Gasteiger partial charge < -0.3 is 10.6 Å². The minimum atomic E-state index is -3.42. The molecule has 106 valence electrons. The van der Waals surface area contributed by atoms with Crippen molar-refractivity contribution in [3.05, 3.63) is 24.3 Å². The third-order valence-corrected chi connectivity index (χ3v) is 5.43. The maximum Gasteiger partial charge on any atom is 0.240 e. The number of sulfonamides is 1. The standard InChI is InChI=1S/C12H19N3O2S2/c13-11-1-3-12(4-2-11)19(16,17)14-5-6-15-7-9-18-10-8-15/h1-4,14H,5-10,13H2. The Hall–Kier alpha value is -0.760. The predicted molar refractivity (Wildman–Crippen MR) is 79.8 cm³/mol. The van der Waals surface area contributed by atoms with Crippen LogP contribution in [-0.2, 0) is 10.0 Å². The second-order valence-electron chi connectivity index (χ2n) is 4.42. The van der Waals surface area contributed by atoms with Crippen LogP contribution >= 0.6 is 11.8 Å². The maximum absolute atomic E-state index is 12.0. The van der Waals surface area contributed by atoms with E-state index in [1.54, 1.807) is 12.1 Å². The average molecular weight is 301 g/mol. The van der Waals surface area contributed by atoms with Crippen LogP contribution in [0.5, 0.6) is 0 Å². The quantitative estimate of drug-likeness (QED) is 0.779. The second kappa shape index (κ2) is 6.60. The Morgan fingerprint density at radius 1 is 1.21 bits per heavy atom. The van der Waals surface area contributed by atoms with Crippen molar-refractivity contribution in [1.29, 1.82) is 0 Å². The Balaban J connectivity index is 1.85. The van der Waals surface area contributed by atoms with Crippen molar-refractivity contribution in [3.8, 4) is 0 Å². The molecule has 0 bridgehead atoms. The van der Waals surface area contributed by atoms with E-state index in [4.69, 9.17) is 5.73 Å². The van der Waals surface area contributed by atoms with Crippen LogP contribution in [0.4, 0.5) is 5.69 Å². The molecular formula is C12H19N3O2S2. The number of anilines is 1. The van der Waals surface area contributed by atoms with Gasteiger partial charge in [-0.1, -0.05) is 0 Å². The summed E-state index contributed by atoms with van der Waals surface area (Å²) in [7, 11) is -3.42. The first-order valence-electron chi connectivity index (χ1n) is 6.23. The summed E-state index contributed by atoms with van der Waals surface area (Å²) in [5, 5.41) is 0. The molecule has 7 heteroatoms. The van der Waals surface area contributed by atoms with Gasteiger partial charge in [-0.05, 0) is 24.3 Å². The number of nitrogens with one attached hydrogen (secondary N) is 1. The van der Waals surface area contributed by atoms with Crippen LogP contribution in [0.1, 0.15) is 0 Å². The minimum Gasteiger partial charge on any atom is -0.399 e. The van der Waals surface area contributed by atoms with Crippen molar-refractivity contribution < 1.29 is 8.42 Å². The smallest absolute Gasteiger partial charge is 0.240 e. The number of nitrogen functional groups attached to an aromatic ring is 1. The molecule has 0 radical (unpaired) electrons. The summed E-state index contributed by atoms with van der Waals surface area (Å²) >= 11 is 1.94. The number of benzene rings is 1. The monoisotopic (exact) mass is 301 g/mol. The molecule has 19 heavy (non-hydrogen) atoms. The molecule has 0 aromatic heterocycles. The molecule has 2 rings (SSSR count). The number of rotatable bonds is 5. The van der Waals surface area contributed by atoms with Gasteiger partial charge in [0.1, 0.15) is 0 Å². The summed E-state index contributed by atoms with van der Waals surface area (Å²) < 4.78 is 26.6. The fraction of sp³-hybridized carbons (Fsp3) is 0.500. The maximum atomic E-state index is 12.0. The molecule has 1 aliphatic rings. The third kappa shape index (κ3) is 4.38. The van der Waals surface area contributed by atoms with Crippen molar-refractivity contribution in [3.63, 3.8) is 0 Å². The Bertz CT molecular complexity index is 496. The molecule has 0 aliphatic carbocycles. The van der Waals surface area contributed by atoms with E-state index in [0.717, 1.165) is 31.1 Å². The van der Waals surface area contributed by atoms with Crippen molar-refractivity contribution in [2.75, 3.05) is 43.4 Å². The zero-order chi connectivity index (χ0) is 13.7. The zero-order valence-electron chi connectivity index (χ0n) is 10.7. The van der Waals surface area contributed by atoms with Gasteiger partial charge in [-0.15, -0.1) is 0 Å². The van der Waals surface area contributed by atoms with Crippen molar-refractivity contribution >= 4 is 27.5 Å². The van der Waals surface area contributed by atoms with Gasteiger partial charge in [-0.2, -0.15) is 11.8 Å². The van der Waals surface area contributed by atoms with Gasteiger partial charge in [0.2, 0.25) is 10.0 Å². The van der Waals surface area contributed by atoms with E-state index in [9.17, 15) is 8.42 Å². The van der Waals surface area contributed by atoms with Gasteiger partial charge in [0.15, 0.2) is 0 Å². The number of nitrogens with two attached hydrogens (primary N) is 1. The molecule has 0 atom stereocenters. The fourth-order valence-electron chi connectivity index (χ4n) is 1.89. The number of thioether (sulfide) groups is 1. The first-order valence-corrected chi connectivity index (χ1v) is 8.87. The SMILES string of the molecule is Nc1ccc(S(=O)(=O)NCCN2CCSCC2)cc1. The third-order valence-electron chi connectivity index (χ3n) is 3.01. The summed E-state index contributed by atoms with van der Waals surface area (Å²) in [6, 6.07) is 6.23. The Morgan fingerprint density at radius 2 is 1.84 bits per heavy atom. The highest BCUT2D eigenvalue weighted by atomic mass is 32.2. The second-order valence-corrected chi connectivity index (χ2v) is 7.41. The normalized spacial score (nSPS) is 17.5. The summed E-state index contributed by atoms with van der Waals surface area (Å²) in [5.41, 5.74) is 6.10. The van der Waals surface area contributed by atoms with Crippen LogP contribution in [0.3, 0.4) is 0 Å². The van der Waals surface area contributed by atoms with Crippen LogP contribution in [0.2, 0.25) is 0 Å². The van der Waals surface area contributed by atoms with E-state index in [1.807, 2.05) is 11.8 Å². The highest BCUT2D eigenvalue weighted by molar-refractivity contribution is 7.99. The Morgan fingerprint density at radius 3 is 2.47 bits per heavy atom. The topological polar surface area (TPSA) is 75.4 Å². The molecule has 0 amide bonds. The highest BCUT2D eigenvalue weighted by Gasteiger charge is 2.15. The lowest BCUT2D eigenvalue weighted by molar-refractivity contribution is 0.307. The fourth-order valence-corrected chi connectivity index (χ4v) is 3.89. The molecule has 1 aliphatic heterocycles. The first kappa shape index (κ1) is 14.6. The number of nitrogens with zero attached hydrogens (tertiary/aromatic N) is 1. The van der Waals surface area contributed by atoms with E-state index in [-0.39, 0.29) is 4.90 Å². The van der Waals surface area contributed by atoms with E-state index >= 15 is 0 Å². The molecule has 1 saturated heterocycles. The first-order chi connectivity index (χ1) is 9.08. The molecule has 5 nitrogen and oxygen atoms in total. The zero-order valence-corrected chi connectivity index (χ0v) is 12.3. The van der Waals surface area contributed by atoms with Crippen LogP contribution in [0.25, 0.3) is 0 Å². The predicted octanol–water partition coefficient (Wildman–Crippen LogP) is 0.596. The lowest BCUT2D eigenvalue weighted by atomic mass is 10.3. The van der Waals surface area contributed by atoms with Gasteiger partial charge in [0.25, 0.3) is 0 Å². The summed E-state index contributed by atoms with van der Waals surface area (Å²) in [4.78, 5) is 2.54. The molecule has 1 fully saturated rings. The van der Waals surface area contributed by atoms with Gasteiger partial charge >= 0.3 is 0 Å². The number of hydrogen-bond donors (Lipinski definition) is 2. The molecule has 1 aromatic carbocycles. The number of hydrogen-bond acceptors (Lipinski definition) is 5. The Labute approximate surface area is 118 Å². The summed E-state index contributed by atoms with van der Waals surface area (Å²) in [5.74, 6) is 2.26. The van der Waals surface area contributed by atoms with E-state index in [0.29, 0.717) is 12.2 Å². The molecule has 0 unspecified atom stereocenters. The van der Waals surface area contributed by atoms with Gasteiger partial charge in [-0.3, -0.25) is 0 Å². The summed E-state index contributed by atoms with van der Waals surface area (Å²) in [6.07, 6.45) is 0. The van der Waals surface area contributed by atoms with E-state index in [2.05, 4.69) is 9.62 Å². The molecule has 1 heterocycles. The Kier molecular flexibility index (Phi) is 5.09. The van der Waals surface area contributed by atoms with Crippen molar-refractivity contribution in [2.45, 2.75) is 4.90 Å². The summed E-state index contributed by atoms with van der Waals surface area (Å²) in [6.45, 7) is 3.27. The van der Waals surface area contributed by atoms with Gasteiger partial charge in [-0.25, -0.2) is 13.1 Å². The van der Waals surface area contributed by atoms with Crippen molar-refractivity contribution in [2.24, 2.45) is 0 Å². The molecule has 1 aromatic rings. The minimum absolute atomic E-state index is 0.260. The van der Waals surface area contributed by atoms with Crippen molar-refractivity contribution in [1.82, 2.24) is 9.62 Å².